The molecule has 3 aromatic rings. The van der Waals surface area contributed by atoms with Crippen LogP contribution in [0.25, 0.3) is 11.6 Å². The highest BCUT2D eigenvalue weighted by atomic mass is 14.3. The summed E-state index contributed by atoms with van der Waals surface area (Å²) < 4.78 is 0. The highest BCUT2D eigenvalue weighted by molar-refractivity contribution is 5.65. The molecular weight excluding hydrogens is 504 g/mol. The van der Waals surface area contributed by atoms with Gasteiger partial charge in [-0.2, -0.15) is 0 Å². The molecule has 3 aromatic carbocycles. The van der Waals surface area contributed by atoms with Crippen LogP contribution >= 0.6 is 0 Å². The standard InChI is InChI=1S/C17H24.C13H14.C10H12.C2H6/c1-13-9-11-17(12-10-13)15(3)14(2)16-7-5-4-6-8-16;1-3-7-12(8-4-1)11-13-9-5-2-6-10-13;1-4-10-6-5-8(2)9(3)7-10;1-2/h9-12,14,16H,3-8H2,1-2H3;1-5,7-9H,6,10-11H2;4-7H,1H2,2-3H3;1-2H3. The molecule has 0 saturated heterocycles. The Morgan fingerprint density at radius 1 is 0.857 bits per heavy atom. The molecule has 0 amide bonds. The van der Waals surface area contributed by atoms with Crippen molar-refractivity contribution in [1.82, 2.24) is 0 Å². The molecule has 224 valence electrons. The number of hydrogen-bond acceptors (Lipinski definition) is 0. The number of benzene rings is 3. The van der Waals surface area contributed by atoms with E-state index in [9.17, 15) is 0 Å². The van der Waals surface area contributed by atoms with Gasteiger partial charge in [-0.05, 0) is 98.1 Å². The Kier molecular flexibility index (Phi) is 16.3. The third-order valence-electron chi connectivity index (χ3n) is 8.47. The van der Waals surface area contributed by atoms with Gasteiger partial charge >= 0.3 is 0 Å². The van der Waals surface area contributed by atoms with Crippen molar-refractivity contribution in [3.8, 4) is 0 Å². The van der Waals surface area contributed by atoms with Gasteiger partial charge in [-0.1, -0.05) is 161 Å². The van der Waals surface area contributed by atoms with Gasteiger partial charge in [0.15, 0.2) is 0 Å². The lowest BCUT2D eigenvalue weighted by atomic mass is 9.76. The molecule has 42 heavy (non-hydrogen) atoms. The van der Waals surface area contributed by atoms with Gasteiger partial charge in [0.05, 0.1) is 0 Å². The highest BCUT2D eigenvalue weighted by Gasteiger charge is 2.22. The van der Waals surface area contributed by atoms with Crippen molar-refractivity contribution in [2.75, 3.05) is 0 Å². The molecule has 0 heteroatoms. The summed E-state index contributed by atoms with van der Waals surface area (Å²) in [6.45, 7) is 20.8. The zero-order valence-corrected chi connectivity index (χ0v) is 27.5. The second-order valence-corrected chi connectivity index (χ2v) is 11.6. The number of hydrogen-bond donors (Lipinski definition) is 0. The largest absolute Gasteiger partial charge is 0.0985 e. The van der Waals surface area contributed by atoms with Gasteiger partial charge in [-0.3, -0.25) is 0 Å². The van der Waals surface area contributed by atoms with Crippen LogP contribution in [-0.4, -0.2) is 0 Å². The summed E-state index contributed by atoms with van der Waals surface area (Å²) in [6.07, 6.45) is 19.1. The average Bonchev–Trinajstić information content (AvgIpc) is 3.05. The zero-order valence-electron chi connectivity index (χ0n) is 27.5. The van der Waals surface area contributed by atoms with E-state index in [2.05, 4.69) is 132 Å². The minimum absolute atomic E-state index is 0.637. The van der Waals surface area contributed by atoms with Crippen LogP contribution in [0.2, 0.25) is 0 Å². The van der Waals surface area contributed by atoms with Crippen LogP contribution in [0.4, 0.5) is 0 Å². The summed E-state index contributed by atoms with van der Waals surface area (Å²) in [5.74, 6) is 1.50. The molecule has 5 rings (SSSR count). The Hall–Kier alpha value is -3.38. The van der Waals surface area contributed by atoms with Gasteiger partial charge in [0, 0.05) is 0 Å². The first-order chi connectivity index (χ1) is 20.4. The summed E-state index contributed by atoms with van der Waals surface area (Å²) in [6, 6.07) is 25.8. The average molecular weight is 561 g/mol. The predicted molar refractivity (Wildman–Crippen MR) is 190 cm³/mol. The van der Waals surface area contributed by atoms with E-state index >= 15 is 0 Å². The van der Waals surface area contributed by atoms with E-state index in [1.165, 1.54) is 83.9 Å². The van der Waals surface area contributed by atoms with Crippen molar-refractivity contribution < 1.29 is 0 Å². The third-order valence-corrected chi connectivity index (χ3v) is 8.47. The lowest BCUT2D eigenvalue weighted by Gasteiger charge is -2.29. The van der Waals surface area contributed by atoms with E-state index < -0.39 is 0 Å². The maximum Gasteiger partial charge on any atom is -0.00639 e. The fraction of sp³-hybridized carbons (Fsp3) is 0.381. The van der Waals surface area contributed by atoms with Crippen LogP contribution in [0, 0.1) is 32.6 Å². The first-order valence-electron chi connectivity index (χ1n) is 16.2. The van der Waals surface area contributed by atoms with Gasteiger partial charge in [-0.25, -0.2) is 0 Å². The number of rotatable bonds is 6. The van der Waals surface area contributed by atoms with E-state index in [0.717, 1.165) is 12.3 Å². The van der Waals surface area contributed by atoms with Crippen molar-refractivity contribution in [2.24, 2.45) is 11.8 Å². The first-order valence-corrected chi connectivity index (χ1v) is 16.2. The molecular formula is C42H56. The van der Waals surface area contributed by atoms with Crippen LogP contribution < -0.4 is 0 Å². The lowest BCUT2D eigenvalue weighted by molar-refractivity contribution is 0.306. The van der Waals surface area contributed by atoms with E-state index in [-0.39, 0.29) is 0 Å². The fourth-order valence-corrected chi connectivity index (χ4v) is 5.50. The summed E-state index contributed by atoms with van der Waals surface area (Å²) in [5.41, 5.74) is 10.8. The molecule has 1 atom stereocenters. The molecule has 0 aliphatic heterocycles. The van der Waals surface area contributed by atoms with Gasteiger partial charge < -0.3 is 0 Å². The Bertz CT molecular complexity index is 1250. The van der Waals surface area contributed by atoms with E-state index in [1.54, 1.807) is 5.57 Å². The molecule has 2 aliphatic carbocycles. The molecule has 0 heterocycles. The molecule has 1 fully saturated rings. The molecule has 0 N–H and O–H groups in total. The predicted octanol–water partition coefficient (Wildman–Crippen LogP) is 12.7. The van der Waals surface area contributed by atoms with E-state index in [1.807, 2.05) is 19.9 Å². The molecule has 2 aliphatic rings. The Balaban J connectivity index is 0.000000221. The molecule has 0 nitrogen and oxygen atoms in total. The van der Waals surface area contributed by atoms with Crippen molar-refractivity contribution in [3.63, 3.8) is 0 Å². The van der Waals surface area contributed by atoms with Crippen LogP contribution in [0.5, 0.6) is 0 Å². The van der Waals surface area contributed by atoms with Gasteiger partial charge in [0.2, 0.25) is 0 Å². The maximum atomic E-state index is 4.33. The summed E-state index contributed by atoms with van der Waals surface area (Å²) in [5, 5.41) is 0. The Morgan fingerprint density at radius 3 is 2.10 bits per heavy atom. The van der Waals surface area contributed by atoms with Crippen LogP contribution in [-0.2, 0) is 6.42 Å². The minimum Gasteiger partial charge on any atom is -0.0985 e. The summed E-state index contributed by atoms with van der Waals surface area (Å²) >= 11 is 0. The molecule has 0 bridgehead atoms. The molecule has 0 aromatic heterocycles. The van der Waals surface area contributed by atoms with E-state index in [0.29, 0.717) is 5.92 Å². The second kappa shape index (κ2) is 19.7. The van der Waals surface area contributed by atoms with Crippen LogP contribution in [0.3, 0.4) is 0 Å². The zero-order chi connectivity index (χ0) is 30.7. The van der Waals surface area contributed by atoms with Crippen molar-refractivity contribution in [2.45, 2.75) is 92.9 Å². The quantitative estimate of drug-likeness (QED) is 0.281. The highest BCUT2D eigenvalue weighted by Crippen LogP contribution is 2.36. The van der Waals surface area contributed by atoms with Crippen molar-refractivity contribution in [1.29, 1.82) is 0 Å². The van der Waals surface area contributed by atoms with Crippen LogP contribution in [0.1, 0.15) is 99.1 Å². The van der Waals surface area contributed by atoms with Gasteiger partial charge in [0.1, 0.15) is 0 Å². The third kappa shape index (κ3) is 12.2. The topological polar surface area (TPSA) is 0 Å². The smallest absolute Gasteiger partial charge is 0.00639 e. The molecule has 1 unspecified atom stereocenters. The maximum absolute atomic E-state index is 4.33. The number of aryl methyl sites for hydroxylation is 3. The van der Waals surface area contributed by atoms with Crippen molar-refractivity contribution >= 4 is 11.6 Å². The summed E-state index contributed by atoms with van der Waals surface area (Å²) in [4.78, 5) is 0. The monoisotopic (exact) mass is 560 g/mol. The lowest BCUT2D eigenvalue weighted by Crippen LogP contribution is -2.16. The fourth-order valence-electron chi connectivity index (χ4n) is 5.50. The Labute approximate surface area is 259 Å². The first kappa shape index (κ1) is 34.8. The van der Waals surface area contributed by atoms with Crippen LogP contribution in [0.15, 0.2) is 110 Å². The Morgan fingerprint density at radius 2 is 1.52 bits per heavy atom. The van der Waals surface area contributed by atoms with Crippen molar-refractivity contribution in [3.05, 3.63) is 143 Å². The molecule has 1 saturated carbocycles. The van der Waals surface area contributed by atoms with Gasteiger partial charge in [-0.15, -0.1) is 0 Å². The molecule has 0 radical (unpaired) electrons. The minimum atomic E-state index is 0.637. The SMILES string of the molecule is C1=CCCC(Cc2ccccc2)=C1.C=C(c1ccc(C)cc1)C(C)C1CCCCC1.C=Cc1ccc(C)c(C)c1.CC. The van der Waals surface area contributed by atoms with Gasteiger partial charge in [0.25, 0.3) is 0 Å². The van der Waals surface area contributed by atoms with E-state index in [4.69, 9.17) is 0 Å². The summed E-state index contributed by atoms with van der Waals surface area (Å²) in [7, 11) is 0. The molecule has 0 spiro atoms. The normalized spacial score (nSPS) is 14.9. The second-order valence-electron chi connectivity index (χ2n) is 11.6. The number of allylic oxidation sites excluding steroid dienone is 5.